The molecule has 1 nitrogen and oxygen atoms in total. The molecule has 2 aromatic carbocycles. The van der Waals surface area contributed by atoms with Gasteiger partial charge in [-0.2, -0.15) is 0 Å². The van der Waals surface area contributed by atoms with Crippen LogP contribution in [0.1, 0.15) is 41.9 Å². The van der Waals surface area contributed by atoms with E-state index in [2.05, 4.69) is 31.2 Å². The molecule has 110 valence electrons. The highest BCUT2D eigenvalue weighted by Gasteiger charge is 2.43. The zero-order chi connectivity index (χ0) is 16.5. The summed E-state index contributed by atoms with van der Waals surface area (Å²) >= 11 is 0. The Kier molecular flexibility index (Phi) is 3.68. The maximum atomic E-state index is 7.72. The molecular formula is C19H22ClN. The summed E-state index contributed by atoms with van der Waals surface area (Å²) in [6, 6.07) is 20.5. The summed E-state index contributed by atoms with van der Waals surface area (Å²) in [7, 11) is 0. The molecule has 3 rings (SSSR count). The van der Waals surface area contributed by atoms with Crippen LogP contribution in [-0.4, -0.2) is 11.8 Å². The van der Waals surface area contributed by atoms with Crippen LogP contribution in [-0.2, 0) is 5.41 Å². The molecule has 1 atom stereocenters. The molecule has 0 fully saturated rings. The molecule has 0 spiro atoms. The van der Waals surface area contributed by atoms with Crippen molar-refractivity contribution in [3.05, 3.63) is 71.8 Å². The van der Waals surface area contributed by atoms with Crippen molar-refractivity contribution in [1.29, 1.82) is 0 Å². The Morgan fingerprint density at radius 2 is 1.57 bits per heavy atom. The first-order valence-electron chi connectivity index (χ1n) is 8.60. The van der Waals surface area contributed by atoms with Crippen molar-refractivity contribution in [2.75, 3.05) is 0 Å². The van der Waals surface area contributed by atoms with E-state index < -0.39 is 12.3 Å². The van der Waals surface area contributed by atoms with Gasteiger partial charge in [0, 0.05) is 15.9 Å². The molecule has 2 heteroatoms. The van der Waals surface area contributed by atoms with Crippen LogP contribution in [0.25, 0.3) is 0 Å². The van der Waals surface area contributed by atoms with E-state index in [1.165, 1.54) is 0 Å². The number of nitrogens with zero attached hydrogens (tertiary/aromatic N) is 1. The van der Waals surface area contributed by atoms with Crippen molar-refractivity contribution >= 4 is 18.1 Å². The molecule has 21 heavy (non-hydrogen) atoms. The first-order chi connectivity index (χ1) is 10.9. The predicted octanol–water partition coefficient (Wildman–Crippen LogP) is 5.04. The van der Waals surface area contributed by atoms with E-state index in [0.29, 0.717) is 0 Å². The second-order valence-corrected chi connectivity index (χ2v) is 5.44. The van der Waals surface area contributed by atoms with Crippen molar-refractivity contribution in [2.24, 2.45) is 4.99 Å². The van der Waals surface area contributed by atoms with E-state index in [1.807, 2.05) is 36.4 Å². The third kappa shape index (κ3) is 2.63. The largest absolute Gasteiger partial charge is 0.290 e. The van der Waals surface area contributed by atoms with Crippen LogP contribution in [0.15, 0.2) is 65.7 Å². The van der Waals surface area contributed by atoms with Gasteiger partial charge in [-0.25, -0.2) is 0 Å². The number of benzene rings is 2. The molecule has 0 aromatic heterocycles. The maximum Gasteiger partial charge on any atom is 0.0600 e. The molecule has 0 N–H and O–H groups in total. The van der Waals surface area contributed by atoms with Crippen LogP contribution in [0.5, 0.6) is 0 Å². The summed E-state index contributed by atoms with van der Waals surface area (Å²) in [6.07, 6.45) is 0.841. The molecule has 0 amide bonds. The molecule has 1 unspecified atom stereocenters. The lowest BCUT2D eigenvalue weighted by molar-refractivity contribution is 0.591. The van der Waals surface area contributed by atoms with Crippen molar-refractivity contribution in [1.82, 2.24) is 0 Å². The van der Waals surface area contributed by atoms with Gasteiger partial charge in [-0.3, -0.25) is 4.99 Å². The molecular weight excluding hydrogens is 278 g/mol. The second kappa shape index (κ2) is 6.44. The van der Waals surface area contributed by atoms with Gasteiger partial charge in [-0.15, -0.1) is 12.4 Å². The fourth-order valence-corrected chi connectivity index (χ4v) is 3.36. The minimum absolute atomic E-state index is 0. The smallest absolute Gasteiger partial charge is 0.0600 e. The molecule has 0 radical (unpaired) electrons. The molecule has 0 saturated heterocycles. The fraction of sp³-hybridized carbons (Fsp3) is 0.316. The fourth-order valence-electron chi connectivity index (χ4n) is 3.36. The monoisotopic (exact) mass is 302 g/mol. The predicted molar refractivity (Wildman–Crippen MR) is 92.7 cm³/mol. The van der Waals surface area contributed by atoms with Crippen molar-refractivity contribution < 1.29 is 4.11 Å². The average molecular weight is 303 g/mol. The van der Waals surface area contributed by atoms with Gasteiger partial charge < -0.3 is 0 Å². The SMILES string of the molecule is Cl.[2H]C([2H])([2H])CC1=NC(C)CC1(c1ccccc1)c1ccccc1. The first-order valence-corrected chi connectivity index (χ1v) is 7.10. The van der Waals surface area contributed by atoms with Gasteiger partial charge in [0.15, 0.2) is 0 Å². The number of halogens is 1. The molecule has 1 heterocycles. The Morgan fingerprint density at radius 3 is 2.05 bits per heavy atom. The highest BCUT2D eigenvalue weighted by atomic mass is 35.5. The van der Waals surface area contributed by atoms with E-state index in [4.69, 9.17) is 9.10 Å². The number of hydrogen-bond donors (Lipinski definition) is 0. The van der Waals surface area contributed by atoms with Gasteiger partial charge in [-0.1, -0.05) is 67.5 Å². The summed E-state index contributed by atoms with van der Waals surface area (Å²) in [5.74, 6) is 0. The molecule has 2 aromatic rings. The zero-order valence-electron chi connectivity index (χ0n) is 15.1. The third-order valence-electron chi connectivity index (χ3n) is 4.17. The number of hydrogen-bond acceptors (Lipinski definition) is 1. The van der Waals surface area contributed by atoms with Crippen molar-refractivity contribution in [3.63, 3.8) is 0 Å². The summed E-state index contributed by atoms with van der Waals surface area (Å²) < 4.78 is 23.2. The summed E-state index contributed by atoms with van der Waals surface area (Å²) in [5, 5.41) is 0. The Hall–Kier alpha value is -1.60. The zero-order valence-corrected chi connectivity index (χ0v) is 12.9. The summed E-state index contributed by atoms with van der Waals surface area (Å²) in [6.45, 7) is 0.0465. The van der Waals surface area contributed by atoms with Gasteiger partial charge in [-0.05, 0) is 30.9 Å². The van der Waals surface area contributed by atoms with E-state index in [-0.39, 0.29) is 24.9 Å². The van der Waals surface area contributed by atoms with Crippen LogP contribution in [0.4, 0.5) is 0 Å². The quantitative estimate of drug-likeness (QED) is 0.753. The highest BCUT2D eigenvalue weighted by molar-refractivity contribution is 5.99. The lowest BCUT2D eigenvalue weighted by Gasteiger charge is -2.32. The minimum Gasteiger partial charge on any atom is -0.290 e. The normalized spacial score (nSPS) is 22.4. The molecule has 0 saturated carbocycles. The van der Waals surface area contributed by atoms with Gasteiger partial charge >= 0.3 is 0 Å². The van der Waals surface area contributed by atoms with E-state index in [1.54, 1.807) is 0 Å². The Labute approximate surface area is 137 Å². The van der Waals surface area contributed by atoms with Crippen LogP contribution < -0.4 is 0 Å². The standard InChI is InChI=1S/C19H21N.ClH/c1-3-18-19(14-15(2)20-18,16-10-6-4-7-11-16)17-12-8-5-9-13-17;/h4-13,15H,3,14H2,1-2H3;1H/i1D3;. The van der Waals surface area contributed by atoms with Gasteiger partial charge in [0.25, 0.3) is 0 Å². The lowest BCUT2D eigenvalue weighted by Crippen LogP contribution is -2.34. The Balaban J connectivity index is 0.00000208. The first kappa shape index (κ1) is 12.0. The van der Waals surface area contributed by atoms with E-state index in [0.717, 1.165) is 23.3 Å². The molecule has 0 bridgehead atoms. The lowest BCUT2D eigenvalue weighted by atomic mass is 9.68. The highest BCUT2D eigenvalue weighted by Crippen LogP contribution is 2.43. The Morgan fingerprint density at radius 1 is 1.05 bits per heavy atom. The number of rotatable bonds is 3. The second-order valence-electron chi connectivity index (χ2n) is 5.44. The molecule has 1 aliphatic rings. The molecule has 0 aliphatic carbocycles. The molecule has 1 aliphatic heterocycles. The van der Waals surface area contributed by atoms with Crippen molar-refractivity contribution in [3.8, 4) is 0 Å². The Bertz CT molecular complexity index is 656. The van der Waals surface area contributed by atoms with Crippen LogP contribution in [0.2, 0.25) is 0 Å². The van der Waals surface area contributed by atoms with Crippen molar-refractivity contribution in [2.45, 2.75) is 38.1 Å². The summed E-state index contributed by atoms with van der Waals surface area (Å²) in [5.41, 5.74) is 2.59. The van der Waals surface area contributed by atoms with Crippen LogP contribution in [0, 0.1) is 0 Å². The maximum absolute atomic E-state index is 7.72. The number of aliphatic imine (C=N–C) groups is 1. The van der Waals surface area contributed by atoms with E-state index >= 15 is 0 Å². The topological polar surface area (TPSA) is 12.4 Å². The average Bonchev–Trinajstić information content (AvgIpc) is 2.84. The third-order valence-corrected chi connectivity index (χ3v) is 4.17. The van der Waals surface area contributed by atoms with E-state index in [9.17, 15) is 0 Å². The minimum atomic E-state index is -2.02. The van der Waals surface area contributed by atoms with Gasteiger partial charge in [0.05, 0.1) is 5.41 Å². The van der Waals surface area contributed by atoms with Gasteiger partial charge in [0.1, 0.15) is 0 Å². The summed E-state index contributed by atoms with van der Waals surface area (Å²) in [4.78, 5) is 4.74. The van der Waals surface area contributed by atoms with Gasteiger partial charge in [0.2, 0.25) is 0 Å². The van der Waals surface area contributed by atoms with Crippen LogP contribution >= 0.6 is 12.4 Å². The van der Waals surface area contributed by atoms with Crippen LogP contribution in [0.3, 0.4) is 0 Å².